The van der Waals surface area contributed by atoms with Gasteiger partial charge in [-0.25, -0.2) is 0 Å². The second kappa shape index (κ2) is 7.39. The third-order valence-corrected chi connectivity index (χ3v) is 2.84. The molecule has 7 heteroatoms. The summed E-state index contributed by atoms with van der Waals surface area (Å²) in [5.41, 5.74) is 6.55. The SMILES string of the molecule is CC(C)[C@@H](N)C(=O)Nc1ccc(C(=O)NCC(=O)O)cc1. The molecule has 0 heterocycles. The third kappa shape index (κ3) is 5.23. The molecule has 0 fully saturated rings. The largest absolute Gasteiger partial charge is 0.480 e. The van der Waals surface area contributed by atoms with E-state index in [4.69, 9.17) is 10.8 Å². The van der Waals surface area contributed by atoms with Crippen molar-refractivity contribution in [1.29, 1.82) is 0 Å². The van der Waals surface area contributed by atoms with Crippen LogP contribution in [0.3, 0.4) is 0 Å². The lowest BCUT2D eigenvalue weighted by Gasteiger charge is -2.15. The third-order valence-electron chi connectivity index (χ3n) is 2.84. The molecule has 0 saturated carbocycles. The van der Waals surface area contributed by atoms with Gasteiger partial charge in [0.25, 0.3) is 5.91 Å². The van der Waals surface area contributed by atoms with Gasteiger partial charge in [0.15, 0.2) is 0 Å². The van der Waals surface area contributed by atoms with E-state index in [1.54, 1.807) is 12.1 Å². The van der Waals surface area contributed by atoms with Crippen LogP contribution >= 0.6 is 0 Å². The van der Waals surface area contributed by atoms with Crippen molar-refractivity contribution in [2.75, 3.05) is 11.9 Å². The van der Waals surface area contributed by atoms with Crippen molar-refractivity contribution < 1.29 is 19.5 Å². The van der Waals surface area contributed by atoms with Gasteiger partial charge in [-0.1, -0.05) is 13.8 Å². The summed E-state index contributed by atoms with van der Waals surface area (Å²) in [5.74, 6) is -1.89. The molecule has 7 nitrogen and oxygen atoms in total. The zero-order valence-corrected chi connectivity index (χ0v) is 11.9. The lowest BCUT2D eigenvalue weighted by molar-refractivity contribution is -0.135. The number of nitrogens with two attached hydrogens (primary N) is 1. The molecule has 1 aromatic rings. The predicted octanol–water partition coefficient (Wildman–Crippen LogP) is 0.423. The van der Waals surface area contributed by atoms with E-state index in [-0.39, 0.29) is 11.8 Å². The van der Waals surface area contributed by atoms with E-state index in [1.165, 1.54) is 12.1 Å². The van der Waals surface area contributed by atoms with Crippen molar-refractivity contribution in [3.05, 3.63) is 29.8 Å². The van der Waals surface area contributed by atoms with Crippen molar-refractivity contribution in [1.82, 2.24) is 5.32 Å². The number of anilines is 1. The monoisotopic (exact) mass is 293 g/mol. The highest BCUT2D eigenvalue weighted by Gasteiger charge is 2.17. The topological polar surface area (TPSA) is 122 Å². The van der Waals surface area contributed by atoms with Gasteiger partial charge in [-0.05, 0) is 30.2 Å². The molecule has 0 aliphatic rings. The molecule has 21 heavy (non-hydrogen) atoms. The molecule has 2 amide bonds. The first-order valence-electron chi connectivity index (χ1n) is 6.47. The number of carboxylic acids is 1. The standard InChI is InChI=1S/C14H19N3O4/c1-8(2)12(15)14(21)17-10-5-3-9(4-6-10)13(20)16-7-11(18)19/h3-6,8,12H,7,15H2,1-2H3,(H,16,20)(H,17,21)(H,18,19)/t12-/m1/s1. The summed E-state index contributed by atoms with van der Waals surface area (Å²) in [5, 5.41) is 13.4. The van der Waals surface area contributed by atoms with Crippen molar-refractivity contribution in [3.63, 3.8) is 0 Å². The van der Waals surface area contributed by atoms with Crippen molar-refractivity contribution in [2.24, 2.45) is 11.7 Å². The highest BCUT2D eigenvalue weighted by molar-refractivity contribution is 5.97. The van der Waals surface area contributed by atoms with Crippen molar-refractivity contribution >= 4 is 23.5 Å². The first-order valence-corrected chi connectivity index (χ1v) is 6.47. The Balaban J connectivity index is 2.64. The molecule has 0 radical (unpaired) electrons. The summed E-state index contributed by atoms with van der Waals surface area (Å²) < 4.78 is 0. The molecule has 0 aliphatic heterocycles. The summed E-state index contributed by atoms with van der Waals surface area (Å²) in [6.07, 6.45) is 0. The maximum absolute atomic E-state index is 11.8. The molecule has 0 saturated heterocycles. The van der Waals surface area contributed by atoms with Crippen LogP contribution in [0.4, 0.5) is 5.69 Å². The summed E-state index contributed by atoms with van der Waals surface area (Å²) in [7, 11) is 0. The van der Waals surface area contributed by atoms with E-state index < -0.39 is 24.5 Å². The van der Waals surface area contributed by atoms with E-state index >= 15 is 0 Å². The van der Waals surface area contributed by atoms with Crippen LogP contribution in [0.15, 0.2) is 24.3 Å². The Bertz CT molecular complexity index is 526. The molecule has 0 aromatic heterocycles. The van der Waals surface area contributed by atoms with Gasteiger partial charge in [0.1, 0.15) is 6.54 Å². The number of rotatable bonds is 6. The number of amides is 2. The molecule has 1 atom stereocenters. The van der Waals surface area contributed by atoms with Crippen LogP contribution in [-0.4, -0.2) is 35.5 Å². The van der Waals surface area contributed by atoms with Gasteiger partial charge in [0, 0.05) is 11.3 Å². The van der Waals surface area contributed by atoms with Crippen LogP contribution in [0.5, 0.6) is 0 Å². The maximum atomic E-state index is 11.8. The lowest BCUT2D eigenvalue weighted by Crippen LogP contribution is -2.39. The van der Waals surface area contributed by atoms with E-state index in [0.29, 0.717) is 11.3 Å². The fraction of sp³-hybridized carbons (Fsp3) is 0.357. The number of nitrogens with one attached hydrogen (secondary N) is 2. The van der Waals surface area contributed by atoms with E-state index in [2.05, 4.69) is 10.6 Å². The van der Waals surface area contributed by atoms with Gasteiger partial charge in [-0.15, -0.1) is 0 Å². The second-order valence-electron chi connectivity index (χ2n) is 4.91. The molecular formula is C14H19N3O4. The Morgan fingerprint density at radius 2 is 1.76 bits per heavy atom. The Labute approximate surface area is 122 Å². The fourth-order valence-electron chi connectivity index (χ4n) is 1.49. The molecular weight excluding hydrogens is 274 g/mol. The van der Waals surface area contributed by atoms with E-state index in [9.17, 15) is 14.4 Å². The van der Waals surface area contributed by atoms with Gasteiger partial charge in [0.2, 0.25) is 5.91 Å². The van der Waals surface area contributed by atoms with Crippen molar-refractivity contribution in [3.8, 4) is 0 Å². The van der Waals surface area contributed by atoms with Gasteiger partial charge in [-0.3, -0.25) is 14.4 Å². The zero-order valence-electron chi connectivity index (χ0n) is 11.9. The number of hydrogen-bond acceptors (Lipinski definition) is 4. The summed E-state index contributed by atoms with van der Waals surface area (Å²) in [6.45, 7) is 3.25. The van der Waals surface area contributed by atoms with Gasteiger partial charge in [-0.2, -0.15) is 0 Å². The zero-order chi connectivity index (χ0) is 16.0. The Kier molecular flexibility index (Phi) is 5.86. The fourth-order valence-corrected chi connectivity index (χ4v) is 1.49. The first-order chi connectivity index (χ1) is 9.81. The minimum absolute atomic E-state index is 0.0195. The number of aliphatic carboxylic acids is 1. The number of carbonyl (C=O) groups excluding carboxylic acids is 2. The van der Waals surface area contributed by atoms with Crippen LogP contribution in [-0.2, 0) is 9.59 Å². The quantitative estimate of drug-likeness (QED) is 0.605. The Morgan fingerprint density at radius 3 is 2.24 bits per heavy atom. The van der Waals surface area contributed by atoms with Crippen LogP contribution < -0.4 is 16.4 Å². The molecule has 114 valence electrons. The molecule has 0 bridgehead atoms. The van der Waals surface area contributed by atoms with Crippen LogP contribution in [0.2, 0.25) is 0 Å². The average molecular weight is 293 g/mol. The van der Waals surface area contributed by atoms with Gasteiger partial charge in [0.05, 0.1) is 6.04 Å². The summed E-state index contributed by atoms with van der Waals surface area (Å²) >= 11 is 0. The smallest absolute Gasteiger partial charge is 0.322 e. The second-order valence-corrected chi connectivity index (χ2v) is 4.91. The Morgan fingerprint density at radius 1 is 1.19 bits per heavy atom. The number of benzene rings is 1. The van der Waals surface area contributed by atoms with E-state index in [0.717, 1.165) is 0 Å². The predicted molar refractivity (Wildman–Crippen MR) is 77.9 cm³/mol. The Hall–Kier alpha value is -2.41. The molecule has 0 spiro atoms. The number of hydrogen-bond donors (Lipinski definition) is 4. The average Bonchev–Trinajstić information content (AvgIpc) is 2.44. The molecule has 0 aliphatic carbocycles. The molecule has 1 rings (SSSR count). The van der Waals surface area contributed by atoms with E-state index in [1.807, 2.05) is 13.8 Å². The summed E-state index contributed by atoms with van der Waals surface area (Å²) in [4.78, 5) is 33.7. The van der Waals surface area contributed by atoms with Gasteiger partial charge >= 0.3 is 5.97 Å². The highest BCUT2D eigenvalue weighted by Crippen LogP contribution is 2.11. The number of carbonyl (C=O) groups is 3. The first kappa shape index (κ1) is 16.6. The molecule has 1 aromatic carbocycles. The molecule has 0 unspecified atom stereocenters. The molecule has 5 N–H and O–H groups in total. The highest BCUT2D eigenvalue weighted by atomic mass is 16.4. The number of carboxylic acid groups (broad SMARTS) is 1. The minimum Gasteiger partial charge on any atom is -0.480 e. The maximum Gasteiger partial charge on any atom is 0.322 e. The van der Waals surface area contributed by atoms with Crippen LogP contribution in [0.1, 0.15) is 24.2 Å². The lowest BCUT2D eigenvalue weighted by atomic mass is 10.0. The normalized spacial score (nSPS) is 11.8. The minimum atomic E-state index is -1.12. The van der Waals surface area contributed by atoms with Gasteiger partial charge < -0.3 is 21.5 Å². The summed E-state index contributed by atoms with van der Waals surface area (Å²) in [6, 6.07) is 5.49. The van der Waals surface area contributed by atoms with Crippen LogP contribution in [0.25, 0.3) is 0 Å². The van der Waals surface area contributed by atoms with Crippen molar-refractivity contribution in [2.45, 2.75) is 19.9 Å². The van der Waals surface area contributed by atoms with Crippen LogP contribution in [0, 0.1) is 5.92 Å².